The van der Waals surface area contributed by atoms with Gasteiger partial charge in [-0.25, -0.2) is 13.8 Å². The molecule has 2 N–H and O–H groups in total. The van der Waals surface area contributed by atoms with Gasteiger partial charge in [0.25, 0.3) is 5.92 Å². The lowest BCUT2D eigenvalue weighted by Crippen LogP contribution is -2.35. The smallest absolute Gasteiger partial charge is 0.262 e. The lowest BCUT2D eigenvalue weighted by molar-refractivity contribution is -0.118. The third kappa shape index (κ3) is 3.65. The second kappa shape index (κ2) is 6.21. The number of aromatic nitrogens is 1. The van der Waals surface area contributed by atoms with Crippen LogP contribution in [0.15, 0.2) is 22.6 Å². The minimum absolute atomic E-state index is 0.476. The average molecular weight is 325 g/mol. The number of halogens is 2. The van der Waals surface area contributed by atoms with E-state index < -0.39 is 30.8 Å². The number of carbonyl (C=O) groups excluding carboxylic acids is 1. The van der Waals surface area contributed by atoms with Crippen LogP contribution in [0.2, 0.25) is 0 Å². The maximum Gasteiger partial charge on any atom is 0.262 e. The molecule has 1 saturated heterocycles. The van der Waals surface area contributed by atoms with E-state index in [0.717, 1.165) is 0 Å². The van der Waals surface area contributed by atoms with Crippen molar-refractivity contribution in [1.82, 2.24) is 10.3 Å². The molecule has 1 aliphatic heterocycles. The highest BCUT2D eigenvalue weighted by atomic mass is 19.3. The van der Waals surface area contributed by atoms with Crippen LogP contribution >= 0.6 is 0 Å². The summed E-state index contributed by atoms with van der Waals surface area (Å²) in [5, 5.41) is 5.15. The summed E-state index contributed by atoms with van der Waals surface area (Å²) in [5.41, 5.74) is 1.68. The zero-order valence-electron chi connectivity index (χ0n) is 12.6. The fraction of sp³-hybridized carbons (Fsp3) is 0.467. The second-order valence-electron chi connectivity index (χ2n) is 5.52. The van der Waals surface area contributed by atoms with Crippen molar-refractivity contribution in [3.8, 4) is 0 Å². The van der Waals surface area contributed by atoms with Crippen molar-refractivity contribution in [3.05, 3.63) is 24.1 Å². The molecule has 0 radical (unpaired) electrons. The van der Waals surface area contributed by atoms with Gasteiger partial charge in [0.05, 0.1) is 19.2 Å². The van der Waals surface area contributed by atoms with Gasteiger partial charge in [-0.2, -0.15) is 0 Å². The highest BCUT2D eigenvalue weighted by Crippen LogP contribution is 2.26. The number of amides is 1. The van der Waals surface area contributed by atoms with Gasteiger partial charge in [-0.05, 0) is 18.2 Å². The van der Waals surface area contributed by atoms with Gasteiger partial charge in [0.2, 0.25) is 5.91 Å². The van der Waals surface area contributed by atoms with Crippen molar-refractivity contribution in [2.24, 2.45) is 0 Å². The quantitative estimate of drug-likeness (QED) is 0.879. The van der Waals surface area contributed by atoms with Crippen molar-refractivity contribution < 1.29 is 22.7 Å². The van der Waals surface area contributed by atoms with E-state index in [1.54, 1.807) is 25.3 Å². The van der Waals surface area contributed by atoms with E-state index >= 15 is 0 Å². The maximum atomic E-state index is 13.1. The largest absolute Gasteiger partial charge is 0.441 e. The first-order valence-corrected chi connectivity index (χ1v) is 7.27. The Labute approximate surface area is 131 Å². The second-order valence-corrected chi connectivity index (χ2v) is 5.52. The number of fused-ring (bicyclic) bond motifs is 1. The molecule has 124 valence electrons. The molecule has 0 aliphatic carbocycles. The third-order valence-corrected chi connectivity index (χ3v) is 3.65. The standard InChI is InChI=1S/C15H17F2N3O3/c1-22-5-4-13-20-10-6-9(2-3-12(10)23-13)19-14(21)11-7-15(16,17)8-18-11/h2-3,6,11,18H,4-5,7-8H2,1H3,(H,19,21). The van der Waals surface area contributed by atoms with Gasteiger partial charge in [-0.3, -0.25) is 10.1 Å². The topological polar surface area (TPSA) is 76.4 Å². The molecule has 6 nitrogen and oxygen atoms in total. The summed E-state index contributed by atoms with van der Waals surface area (Å²) in [7, 11) is 1.59. The molecule has 8 heteroatoms. The van der Waals surface area contributed by atoms with Crippen LogP contribution in [0.25, 0.3) is 11.1 Å². The first-order chi connectivity index (χ1) is 11.0. The number of rotatable bonds is 5. The summed E-state index contributed by atoms with van der Waals surface area (Å²) in [4.78, 5) is 16.3. The Balaban J connectivity index is 1.69. The zero-order valence-corrected chi connectivity index (χ0v) is 12.6. The third-order valence-electron chi connectivity index (χ3n) is 3.65. The fourth-order valence-electron chi connectivity index (χ4n) is 2.48. The summed E-state index contributed by atoms with van der Waals surface area (Å²) in [6.07, 6.45) is 0.0557. The molecule has 1 aromatic carbocycles. The number of oxazole rings is 1. The Morgan fingerprint density at radius 2 is 2.39 bits per heavy atom. The Morgan fingerprint density at radius 1 is 1.57 bits per heavy atom. The summed E-state index contributed by atoms with van der Waals surface area (Å²) in [6, 6.07) is 4.10. The van der Waals surface area contributed by atoms with E-state index in [1.165, 1.54) is 0 Å². The number of benzene rings is 1. The number of hydrogen-bond donors (Lipinski definition) is 2. The van der Waals surface area contributed by atoms with Crippen LogP contribution in [0.5, 0.6) is 0 Å². The molecule has 1 aliphatic rings. The molecule has 0 spiro atoms. The summed E-state index contributed by atoms with van der Waals surface area (Å²) >= 11 is 0. The SMILES string of the molecule is COCCc1nc2cc(NC(=O)C3CC(F)(F)CN3)ccc2o1. The number of carbonyl (C=O) groups is 1. The van der Waals surface area contributed by atoms with Gasteiger partial charge in [-0.15, -0.1) is 0 Å². The Hall–Kier alpha value is -2.06. The van der Waals surface area contributed by atoms with E-state index in [4.69, 9.17) is 9.15 Å². The van der Waals surface area contributed by atoms with E-state index in [-0.39, 0.29) is 0 Å². The molecule has 1 unspecified atom stereocenters. The summed E-state index contributed by atoms with van der Waals surface area (Å²) in [6.45, 7) is 0.0221. The molecular formula is C15H17F2N3O3. The van der Waals surface area contributed by atoms with Gasteiger partial charge in [0, 0.05) is 25.6 Å². The van der Waals surface area contributed by atoms with Crippen LogP contribution < -0.4 is 10.6 Å². The number of nitrogens with one attached hydrogen (secondary N) is 2. The molecule has 1 amide bonds. The first-order valence-electron chi connectivity index (χ1n) is 7.27. The number of nitrogens with zero attached hydrogens (tertiary/aromatic N) is 1. The van der Waals surface area contributed by atoms with Gasteiger partial charge in [-0.1, -0.05) is 0 Å². The number of methoxy groups -OCH3 is 1. The van der Waals surface area contributed by atoms with Gasteiger partial charge in [0.1, 0.15) is 5.52 Å². The van der Waals surface area contributed by atoms with Crippen molar-refractivity contribution in [2.45, 2.75) is 24.8 Å². The molecule has 2 heterocycles. The molecule has 0 bridgehead atoms. The van der Waals surface area contributed by atoms with Crippen LogP contribution in [-0.4, -0.2) is 43.1 Å². The maximum absolute atomic E-state index is 13.1. The van der Waals surface area contributed by atoms with Gasteiger partial charge < -0.3 is 14.5 Å². The molecule has 0 saturated carbocycles. The van der Waals surface area contributed by atoms with E-state index in [9.17, 15) is 13.6 Å². The molecule has 23 heavy (non-hydrogen) atoms. The van der Waals surface area contributed by atoms with Crippen molar-refractivity contribution in [1.29, 1.82) is 0 Å². The number of ether oxygens (including phenoxy) is 1. The van der Waals surface area contributed by atoms with Crippen molar-refractivity contribution in [3.63, 3.8) is 0 Å². The molecule has 1 aromatic heterocycles. The van der Waals surface area contributed by atoms with Gasteiger partial charge >= 0.3 is 0 Å². The number of anilines is 1. The van der Waals surface area contributed by atoms with Crippen LogP contribution in [0, 0.1) is 0 Å². The monoisotopic (exact) mass is 325 g/mol. The van der Waals surface area contributed by atoms with Crippen LogP contribution in [0.1, 0.15) is 12.3 Å². The first kappa shape index (κ1) is 15.8. The lowest BCUT2D eigenvalue weighted by Gasteiger charge is -2.11. The summed E-state index contributed by atoms with van der Waals surface area (Å²) < 4.78 is 36.8. The fourth-order valence-corrected chi connectivity index (χ4v) is 2.48. The summed E-state index contributed by atoms with van der Waals surface area (Å²) in [5.74, 6) is -2.78. The molecule has 3 rings (SSSR count). The van der Waals surface area contributed by atoms with E-state index in [1.807, 2.05) is 0 Å². The van der Waals surface area contributed by atoms with E-state index in [2.05, 4.69) is 15.6 Å². The van der Waals surface area contributed by atoms with Crippen molar-refractivity contribution >= 4 is 22.7 Å². The van der Waals surface area contributed by atoms with Crippen LogP contribution in [0.3, 0.4) is 0 Å². The number of alkyl halides is 2. The predicted molar refractivity (Wildman–Crippen MR) is 79.6 cm³/mol. The van der Waals surface area contributed by atoms with Gasteiger partial charge in [0.15, 0.2) is 11.5 Å². The Morgan fingerprint density at radius 3 is 3.09 bits per heavy atom. The Bertz CT molecular complexity index is 717. The molecule has 1 atom stereocenters. The zero-order chi connectivity index (χ0) is 16.4. The van der Waals surface area contributed by atoms with Crippen molar-refractivity contribution in [2.75, 3.05) is 25.6 Å². The molecule has 1 fully saturated rings. The minimum Gasteiger partial charge on any atom is -0.441 e. The van der Waals surface area contributed by atoms with Crippen LogP contribution in [-0.2, 0) is 16.0 Å². The average Bonchev–Trinajstić information content (AvgIpc) is 3.07. The normalized spacial score (nSPS) is 20.0. The highest BCUT2D eigenvalue weighted by Gasteiger charge is 2.42. The Kier molecular flexibility index (Phi) is 4.27. The molecular weight excluding hydrogens is 308 g/mol. The number of hydrogen-bond acceptors (Lipinski definition) is 5. The lowest BCUT2D eigenvalue weighted by atomic mass is 10.2. The van der Waals surface area contributed by atoms with Crippen LogP contribution in [0.4, 0.5) is 14.5 Å². The van der Waals surface area contributed by atoms with E-state index in [0.29, 0.717) is 35.7 Å². The predicted octanol–water partition coefficient (Wildman–Crippen LogP) is 1.95. The minimum atomic E-state index is -2.84. The molecule has 2 aromatic rings. The highest BCUT2D eigenvalue weighted by molar-refractivity contribution is 5.96.